The summed E-state index contributed by atoms with van der Waals surface area (Å²) in [5.41, 5.74) is 21.8. The largest absolute Gasteiger partial charge is 0.391 e. The van der Waals surface area contributed by atoms with Gasteiger partial charge in [0, 0.05) is 120 Å². The van der Waals surface area contributed by atoms with Crippen molar-refractivity contribution in [2.24, 2.45) is 17.8 Å². The first-order chi connectivity index (χ1) is 71.1. The molecule has 0 bridgehead atoms. The number of ketones is 4. The number of aliphatic hydroxyl groups excluding tert-OH is 4. The molecule has 0 spiro atoms. The summed E-state index contributed by atoms with van der Waals surface area (Å²) >= 11 is 6.43. The van der Waals surface area contributed by atoms with Crippen LogP contribution in [0.5, 0.6) is 0 Å². The zero-order valence-corrected chi connectivity index (χ0v) is 90.4. The van der Waals surface area contributed by atoms with Gasteiger partial charge in [0.25, 0.3) is 17.7 Å². The Bertz CT molecular complexity index is 6420. The minimum Gasteiger partial charge on any atom is -0.391 e. The molecule has 4 N–H and O–H groups in total. The molecule has 7 aromatic carbocycles. The highest BCUT2D eigenvalue weighted by molar-refractivity contribution is 7.14. The molecule has 149 heavy (non-hydrogen) atoms. The molecule has 4 fully saturated rings. The average molecular weight is 2090 g/mol. The van der Waals surface area contributed by atoms with Gasteiger partial charge in [-0.1, -0.05) is 198 Å². The number of carbonyl (C=O) groups is 11. The highest BCUT2D eigenvalue weighted by Crippen LogP contribution is 2.43. The normalized spacial score (nSPS) is 21.0. The van der Waals surface area contributed by atoms with Crippen LogP contribution in [0.2, 0.25) is 0 Å². The van der Waals surface area contributed by atoms with Crippen LogP contribution in [0.4, 0.5) is 0 Å². The number of aryl methyl sites for hydroxylation is 9. The number of hydrogen-bond acceptors (Lipinski definition) is 25. The van der Waals surface area contributed by atoms with Gasteiger partial charge in [-0.15, -0.1) is 45.3 Å². The number of hydrogen-bond donors (Lipinski definition) is 4. The van der Waals surface area contributed by atoms with E-state index in [9.17, 15) is 73.2 Å². The lowest BCUT2D eigenvalue weighted by molar-refractivity contribution is -0.147. The fourth-order valence-electron chi connectivity index (χ4n) is 22.2. The molecule has 19 rings (SSSR count). The molecule has 7 aliphatic rings. The van der Waals surface area contributed by atoms with Gasteiger partial charge in [0.2, 0.25) is 23.6 Å². The lowest BCUT2D eigenvalue weighted by Gasteiger charge is -2.39. The van der Waals surface area contributed by atoms with Crippen molar-refractivity contribution >= 4 is 110 Å². The van der Waals surface area contributed by atoms with Crippen molar-refractivity contribution in [2.45, 2.75) is 272 Å². The van der Waals surface area contributed by atoms with Crippen LogP contribution in [0.3, 0.4) is 0 Å². The maximum atomic E-state index is 14.1. The second-order valence-corrected chi connectivity index (χ2v) is 45.6. The van der Waals surface area contributed by atoms with Gasteiger partial charge >= 0.3 is 0 Å². The first-order valence-electron chi connectivity index (χ1n) is 51.3. The third kappa shape index (κ3) is 23.4. The smallest absolute Gasteiger partial charge is 0.255 e. The van der Waals surface area contributed by atoms with Crippen LogP contribution >= 0.6 is 45.3 Å². The summed E-state index contributed by atoms with van der Waals surface area (Å²) in [5.74, 6) is -2.36. The van der Waals surface area contributed by atoms with Gasteiger partial charge in [0.15, 0.2) is 23.1 Å². The first-order valence-corrected chi connectivity index (χ1v) is 54.8. The third-order valence-electron chi connectivity index (χ3n) is 30.5. The number of nitrogens with zero attached hydrogens (tertiary/aromatic N) is 12. The zero-order valence-electron chi connectivity index (χ0n) is 87.1. The Labute approximate surface area is 886 Å². The number of Topliss-reactive ketones (excluding diaryl/α,β-unsaturated/α-hetero) is 4. The van der Waals surface area contributed by atoms with Gasteiger partial charge < -0.3 is 59.2 Å². The molecule has 12 heterocycles. The second-order valence-electron chi connectivity index (χ2n) is 42.2. The van der Waals surface area contributed by atoms with E-state index < -0.39 is 71.1 Å². The van der Waals surface area contributed by atoms with Crippen LogP contribution in [-0.4, -0.2) is 236 Å². The monoisotopic (exact) mass is 2090 g/mol. The fourth-order valence-corrected chi connectivity index (χ4v) is 25.4. The zero-order chi connectivity index (χ0) is 107. The van der Waals surface area contributed by atoms with Gasteiger partial charge in [-0.2, -0.15) is 0 Å². The molecule has 0 saturated carbocycles. The predicted octanol–water partition coefficient (Wildman–Crippen LogP) is 17.6. The summed E-state index contributed by atoms with van der Waals surface area (Å²) in [7, 11) is 0. The maximum absolute atomic E-state index is 14.1. The average Bonchev–Trinajstić information content (AvgIpc) is 1.61. The number of β-amino-alcohol motifs (C(OH)–C–C–N with tert-alkyl or cyclic N) is 4. The van der Waals surface area contributed by atoms with Crippen LogP contribution < -0.4 is 0 Å². The van der Waals surface area contributed by atoms with E-state index in [1.165, 1.54) is 19.6 Å². The molecule has 12 aromatic rings. The van der Waals surface area contributed by atoms with E-state index in [0.717, 1.165) is 103 Å². The highest BCUT2D eigenvalue weighted by atomic mass is 32.1. The fraction of sp³-hybridized carbons (Fsp3) is 0.419. The van der Waals surface area contributed by atoms with Gasteiger partial charge in [-0.25, -0.2) is 19.9 Å². The maximum Gasteiger partial charge on any atom is 0.255 e. The number of rotatable bonds is 31. The summed E-state index contributed by atoms with van der Waals surface area (Å²) in [6.07, 6.45) is 1.10. The molecule has 7 amide bonds. The van der Waals surface area contributed by atoms with Crippen molar-refractivity contribution in [1.29, 1.82) is 0 Å². The standard InChI is InChI=1S/3C31H35N3O4S.C24H27N3O4S/c3*1-19(2)27(33-16-23-7-5-6-8-25(23)29(33)37)30(38)34-17-24(35)15-31(34,4)26(36)14-11-21-9-12-22(13-10-21)28-20(3)32-18-39-28;1-14-10-22(31-26-14)15(2)24(30)27-12-19(28)11-20(27)21(29)9-6-17-4-7-18(8-5-17)23-16(3)25-13-32-23/h3*5-10,12-13,18-19,24,27,35H,11,14-17H2,1-4H3;4-5,7-8,10,13,15,19-20,28H,6,9,11-12H2,1-3H3/t3*24-,27+,31?;15-,19-,20+/m1111/s1. The van der Waals surface area contributed by atoms with Gasteiger partial charge in [-0.05, 0) is 185 Å². The molecule has 4 saturated heterocycles. The molecule has 780 valence electrons. The van der Waals surface area contributed by atoms with E-state index in [4.69, 9.17) is 4.52 Å². The molecular formula is C117H132N12O16S4. The van der Waals surface area contributed by atoms with E-state index in [1.54, 1.807) is 119 Å². The number of fused-ring (bicyclic) bond motifs is 3. The van der Waals surface area contributed by atoms with E-state index in [-0.39, 0.29) is 153 Å². The third-order valence-corrected chi connectivity index (χ3v) is 34.4. The molecule has 0 aliphatic carbocycles. The summed E-state index contributed by atoms with van der Waals surface area (Å²) < 4.78 is 5.23. The number of carbonyl (C=O) groups excluding carboxylic acids is 11. The van der Waals surface area contributed by atoms with Crippen LogP contribution in [0, 0.1) is 52.4 Å². The highest BCUT2D eigenvalue weighted by Gasteiger charge is 2.56. The number of aromatic nitrogens is 5. The summed E-state index contributed by atoms with van der Waals surface area (Å²) in [6.45, 7) is 29.8. The predicted molar refractivity (Wildman–Crippen MR) is 575 cm³/mol. The quantitative estimate of drug-likeness (QED) is 0.0313. The minimum absolute atomic E-state index is 0.0294. The number of thiazole rings is 4. The number of amides is 7. The van der Waals surface area contributed by atoms with Gasteiger partial charge in [0.1, 0.15) is 40.5 Å². The van der Waals surface area contributed by atoms with Crippen molar-refractivity contribution in [3.63, 3.8) is 0 Å². The Morgan fingerprint density at radius 2 is 0.658 bits per heavy atom. The minimum atomic E-state index is -1.13. The van der Waals surface area contributed by atoms with Crippen LogP contribution in [0.1, 0.15) is 231 Å². The van der Waals surface area contributed by atoms with E-state index >= 15 is 0 Å². The summed E-state index contributed by atoms with van der Waals surface area (Å²) in [4.78, 5) is 182. The Hall–Kier alpha value is -12.9. The molecular weight excluding hydrogens is 1960 g/mol. The van der Waals surface area contributed by atoms with E-state index in [2.05, 4.69) is 73.6 Å². The number of aliphatic hydroxyl groups is 4. The summed E-state index contributed by atoms with van der Waals surface area (Å²) in [5, 5.41) is 45.8. The molecule has 0 radical (unpaired) electrons. The summed E-state index contributed by atoms with van der Waals surface area (Å²) in [6, 6.07) is 53.9. The second kappa shape index (κ2) is 46.3. The van der Waals surface area contributed by atoms with Gasteiger partial charge in [0.05, 0.1) is 106 Å². The lowest BCUT2D eigenvalue weighted by atomic mass is 9.87. The SMILES string of the molecule is Cc1cc([C@@H](C)C(=O)N2C[C@H](O)C[C@H]2C(=O)CCc2ccc(-c3scnc3C)cc2)on1.Cc1ncsc1-c1ccc(CCC(=O)C2(C)C[C@@H](O)CN2C(=O)[C@H](C(C)C)N2Cc3ccccc3C2=O)cc1.Cc1ncsc1-c1ccc(CCC(=O)C2(C)C[C@@H](O)CN2C(=O)[C@H](C(C)C)N2Cc3ccccc3C2=O)cc1.Cc1ncsc1-c1ccc(CCC(=O)C2(C)C[C@@H](O)CN2C(=O)[C@H](C(C)C)N2Cc3ccccc3C2=O)cc1. The Kier molecular flexibility index (Phi) is 33.8. The van der Waals surface area contributed by atoms with Gasteiger partial charge in [-0.3, -0.25) is 52.7 Å². The van der Waals surface area contributed by atoms with Crippen molar-refractivity contribution < 1.29 is 77.7 Å². The number of benzene rings is 7. The molecule has 5 aromatic heterocycles. The van der Waals surface area contributed by atoms with Crippen molar-refractivity contribution in [1.82, 2.24) is 59.4 Å². The topological polar surface area (TPSA) is 369 Å². The Balaban J connectivity index is 0.000000142. The lowest BCUT2D eigenvalue weighted by Crippen LogP contribution is -2.58. The van der Waals surface area contributed by atoms with E-state index in [1.807, 2.05) is 194 Å². The molecule has 28 nitrogen and oxygen atoms in total. The Morgan fingerprint density at radius 1 is 0.376 bits per heavy atom. The van der Waals surface area contributed by atoms with E-state index in [0.29, 0.717) is 79.9 Å². The van der Waals surface area contributed by atoms with Crippen molar-refractivity contribution in [3.05, 3.63) is 288 Å². The molecule has 32 heteroatoms. The van der Waals surface area contributed by atoms with Crippen LogP contribution in [0.15, 0.2) is 202 Å². The Morgan fingerprint density at radius 3 is 0.913 bits per heavy atom. The molecule has 3 unspecified atom stereocenters. The van der Waals surface area contributed by atoms with Crippen molar-refractivity contribution in [3.8, 4) is 41.8 Å². The first kappa shape index (κ1) is 109. The number of likely N-dealkylation sites (tertiary alicyclic amines) is 4. The van der Waals surface area contributed by atoms with Crippen LogP contribution in [0.25, 0.3) is 41.8 Å². The van der Waals surface area contributed by atoms with Crippen LogP contribution in [-0.2, 0) is 83.7 Å². The van der Waals surface area contributed by atoms with Crippen molar-refractivity contribution in [2.75, 3.05) is 26.2 Å². The molecule has 12 atom stereocenters. The molecule has 7 aliphatic heterocycles.